The second-order valence-corrected chi connectivity index (χ2v) is 7.40. The van der Waals surface area contributed by atoms with E-state index in [1.807, 2.05) is 30.3 Å². The van der Waals surface area contributed by atoms with Crippen LogP contribution in [-0.4, -0.2) is 55.1 Å². The van der Waals surface area contributed by atoms with Crippen molar-refractivity contribution in [1.29, 1.82) is 0 Å². The van der Waals surface area contributed by atoms with Crippen molar-refractivity contribution >= 4 is 5.91 Å². The van der Waals surface area contributed by atoms with Crippen molar-refractivity contribution in [3.8, 4) is 16.9 Å². The minimum Gasteiger partial charge on any atom is -0.370 e. The van der Waals surface area contributed by atoms with E-state index in [1.54, 1.807) is 23.0 Å². The van der Waals surface area contributed by atoms with E-state index in [2.05, 4.69) is 10.4 Å². The first-order valence-electron chi connectivity index (χ1n) is 10.3. The molecule has 1 aromatic heterocycles. The van der Waals surface area contributed by atoms with Crippen molar-refractivity contribution in [1.82, 2.24) is 15.1 Å². The largest absolute Gasteiger partial charge is 0.370 e. The minimum absolute atomic E-state index is 0.173. The van der Waals surface area contributed by atoms with Crippen molar-refractivity contribution < 1.29 is 18.8 Å². The Morgan fingerprint density at radius 3 is 2.57 bits per heavy atom. The van der Waals surface area contributed by atoms with Crippen LogP contribution in [0.15, 0.2) is 60.8 Å². The molecule has 1 saturated heterocycles. The van der Waals surface area contributed by atoms with Gasteiger partial charge in [0.1, 0.15) is 24.6 Å². The van der Waals surface area contributed by atoms with Crippen LogP contribution in [-0.2, 0) is 4.74 Å². The molecule has 7 heteroatoms. The van der Waals surface area contributed by atoms with Gasteiger partial charge in [-0.25, -0.2) is 9.07 Å². The number of nitrogens with one attached hydrogen (secondary N) is 2. The molecule has 3 aromatic rings. The molecule has 2 heterocycles. The van der Waals surface area contributed by atoms with Crippen LogP contribution in [0, 0.1) is 5.82 Å². The van der Waals surface area contributed by atoms with Crippen LogP contribution >= 0.6 is 0 Å². The SMILES string of the molecule is O=C(NCCC[NH+]1CCOCC1)c1cn(-c2ccccc2)nc1-c1ccc(F)cc1. The number of aromatic nitrogens is 2. The van der Waals surface area contributed by atoms with Crippen molar-refractivity contribution in [2.45, 2.75) is 6.42 Å². The van der Waals surface area contributed by atoms with E-state index < -0.39 is 0 Å². The Hall–Kier alpha value is -3.03. The maximum absolute atomic E-state index is 13.4. The predicted octanol–water partition coefficient (Wildman–Crippen LogP) is 1.71. The molecule has 1 fully saturated rings. The minimum atomic E-state index is -0.321. The number of carbonyl (C=O) groups is 1. The first-order chi connectivity index (χ1) is 14.7. The van der Waals surface area contributed by atoms with E-state index in [4.69, 9.17) is 4.74 Å². The third-order valence-corrected chi connectivity index (χ3v) is 5.29. The molecule has 2 N–H and O–H groups in total. The van der Waals surface area contributed by atoms with Gasteiger partial charge in [0.25, 0.3) is 5.91 Å². The molecule has 1 amide bonds. The summed E-state index contributed by atoms with van der Waals surface area (Å²) >= 11 is 0. The summed E-state index contributed by atoms with van der Waals surface area (Å²) in [6.07, 6.45) is 2.64. The number of amides is 1. The third-order valence-electron chi connectivity index (χ3n) is 5.29. The summed E-state index contributed by atoms with van der Waals surface area (Å²) < 4.78 is 20.4. The van der Waals surface area contributed by atoms with Gasteiger partial charge in [-0.2, -0.15) is 5.10 Å². The normalized spacial score (nSPS) is 14.6. The van der Waals surface area contributed by atoms with Crippen molar-refractivity contribution in [3.63, 3.8) is 0 Å². The van der Waals surface area contributed by atoms with Gasteiger partial charge in [0.05, 0.1) is 31.0 Å². The van der Waals surface area contributed by atoms with Crippen LogP contribution in [0.3, 0.4) is 0 Å². The monoisotopic (exact) mass is 409 g/mol. The Balaban J connectivity index is 1.49. The first kappa shape index (κ1) is 20.3. The smallest absolute Gasteiger partial charge is 0.255 e. The third kappa shape index (κ3) is 4.93. The lowest BCUT2D eigenvalue weighted by Crippen LogP contribution is -3.14. The van der Waals surface area contributed by atoms with Gasteiger partial charge in [-0.15, -0.1) is 0 Å². The van der Waals surface area contributed by atoms with Crippen molar-refractivity contribution in [2.24, 2.45) is 0 Å². The second kappa shape index (κ2) is 9.65. The standard InChI is InChI=1S/C23H25FN4O2/c24-19-9-7-18(8-10-19)22-21(17-28(26-22)20-5-2-1-3-6-20)23(29)25-11-4-12-27-13-15-30-16-14-27/h1-3,5-10,17H,4,11-16H2,(H,25,29)/p+1. The quantitative estimate of drug-likeness (QED) is 0.584. The number of hydrogen-bond donors (Lipinski definition) is 2. The molecule has 1 aliphatic heterocycles. The van der Waals surface area contributed by atoms with E-state index in [0.717, 1.165) is 45.0 Å². The number of quaternary nitrogens is 1. The number of carbonyl (C=O) groups excluding carboxylic acids is 1. The summed E-state index contributed by atoms with van der Waals surface area (Å²) in [6.45, 7) is 5.27. The van der Waals surface area contributed by atoms with Gasteiger partial charge in [0.2, 0.25) is 0 Å². The number of rotatable bonds is 7. The average molecular weight is 409 g/mol. The number of para-hydroxylation sites is 1. The highest BCUT2D eigenvalue weighted by atomic mass is 19.1. The lowest BCUT2D eigenvalue weighted by molar-refractivity contribution is -0.908. The number of benzene rings is 2. The molecule has 6 nitrogen and oxygen atoms in total. The van der Waals surface area contributed by atoms with Gasteiger partial charge in [-0.3, -0.25) is 4.79 Å². The highest BCUT2D eigenvalue weighted by molar-refractivity contribution is 5.99. The van der Waals surface area contributed by atoms with Gasteiger partial charge in [-0.1, -0.05) is 18.2 Å². The van der Waals surface area contributed by atoms with Crippen LogP contribution in [0.25, 0.3) is 16.9 Å². The summed E-state index contributed by atoms with van der Waals surface area (Å²) in [5, 5.41) is 7.63. The zero-order valence-corrected chi connectivity index (χ0v) is 16.8. The predicted molar refractivity (Wildman–Crippen MR) is 112 cm³/mol. The topological polar surface area (TPSA) is 60.6 Å². The first-order valence-corrected chi connectivity index (χ1v) is 10.3. The summed E-state index contributed by atoms with van der Waals surface area (Å²) in [4.78, 5) is 14.4. The van der Waals surface area contributed by atoms with Crippen LogP contribution in [0.4, 0.5) is 4.39 Å². The molecule has 0 unspecified atom stereocenters. The summed E-state index contributed by atoms with van der Waals surface area (Å²) in [5.74, 6) is -0.494. The maximum atomic E-state index is 13.4. The number of morpholine rings is 1. The zero-order chi connectivity index (χ0) is 20.8. The molecule has 156 valence electrons. The summed E-state index contributed by atoms with van der Waals surface area (Å²) in [6, 6.07) is 15.7. The molecule has 0 bridgehead atoms. The lowest BCUT2D eigenvalue weighted by Gasteiger charge is -2.23. The molecule has 2 aromatic carbocycles. The van der Waals surface area contributed by atoms with Gasteiger partial charge in [0.15, 0.2) is 0 Å². The van der Waals surface area contributed by atoms with E-state index in [9.17, 15) is 9.18 Å². The highest BCUT2D eigenvalue weighted by Gasteiger charge is 2.19. The fourth-order valence-corrected chi connectivity index (χ4v) is 3.62. The average Bonchev–Trinajstić information content (AvgIpc) is 3.24. The molecule has 30 heavy (non-hydrogen) atoms. The fraction of sp³-hybridized carbons (Fsp3) is 0.304. The van der Waals surface area contributed by atoms with E-state index >= 15 is 0 Å². The van der Waals surface area contributed by atoms with Crippen LogP contribution in [0.1, 0.15) is 16.8 Å². The number of hydrogen-bond acceptors (Lipinski definition) is 3. The van der Waals surface area contributed by atoms with Gasteiger partial charge in [0, 0.05) is 24.7 Å². The highest BCUT2D eigenvalue weighted by Crippen LogP contribution is 2.24. The number of ether oxygens (including phenoxy) is 1. The van der Waals surface area contributed by atoms with Crippen molar-refractivity contribution in [2.75, 3.05) is 39.4 Å². The molecular formula is C23H26FN4O2+. The molecule has 0 atom stereocenters. The Morgan fingerprint density at radius 1 is 1.10 bits per heavy atom. The van der Waals surface area contributed by atoms with E-state index in [-0.39, 0.29) is 11.7 Å². The molecule has 1 aliphatic rings. The number of halogens is 1. The summed E-state index contributed by atoms with van der Waals surface area (Å²) in [7, 11) is 0. The Morgan fingerprint density at radius 2 is 1.83 bits per heavy atom. The molecule has 0 saturated carbocycles. The van der Waals surface area contributed by atoms with E-state index in [0.29, 0.717) is 23.4 Å². The molecule has 0 spiro atoms. The van der Waals surface area contributed by atoms with E-state index in [1.165, 1.54) is 17.0 Å². The molecular weight excluding hydrogens is 383 g/mol. The molecule has 0 aliphatic carbocycles. The Labute approximate surface area is 175 Å². The Kier molecular flexibility index (Phi) is 6.51. The lowest BCUT2D eigenvalue weighted by atomic mass is 10.1. The zero-order valence-electron chi connectivity index (χ0n) is 16.8. The van der Waals surface area contributed by atoms with Crippen LogP contribution in [0.5, 0.6) is 0 Å². The van der Waals surface area contributed by atoms with Gasteiger partial charge < -0.3 is 15.0 Å². The van der Waals surface area contributed by atoms with Gasteiger partial charge in [-0.05, 0) is 36.4 Å². The second-order valence-electron chi connectivity index (χ2n) is 7.40. The Bertz CT molecular complexity index is 967. The van der Waals surface area contributed by atoms with Crippen LogP contribution in [0.2, 0.25) is 0 Å². The molecule has 0 radical (unpaired) electrons. The van der Waals surface area contributed by atoms with Gasteiger partial charge >= 0.3 is 0 Å². The van der Waals surface area contributed by atoms with Crippen LogP contribution < -0.4 is 10.2 Å². The summed E-state index contributed by atoms with van der Waals surface area (Å²) in [5.41, 5.74) is 2.57. The number of nitrogens with zero attached hydrogens (tertiary/aromatic N) is 2. The van der Waals surface area contributed by atoms with Crippen molar-refractivity contribution in [3.05, 3.63) is 72.2 Å². The maximum Gasteiger partial charge on any atom is 0.255 e. The fourth-order valence-electron chi connectivity index (χ4n) is 3.62. The molecule has 4 rings (SSSR count).